The van der Waals surface area contributed by atoms with E-state index in [9.17, 15) is 0 Å². The number of aromatic nitrogens is 2. The molecule has 1 fully saturated rings. The SMILES string of the molecule is Brc1cn2cc(C3CCCCC3)ccc2n1. The number of rotatable bonds is 1. The Morgan fingerprint density at radius 3 is 2.75 bits per heavy atom. The van der Waals surface area contributed by atoms with Crippen LogP contribution in [0.4, 0.5) is 0 Å². The predicted octanol–water partition coefficient (Wildman–Crippen LogP) is 4.14. The molecule has 2 aromatic rings. The molecule has 0 amide bonds. The first kappa shape index (κ1) is 10.3. The van der Waals surface area contributed by atoms with Gasteiger partial charge in [0.1, 0.15) is 10.3 Å². The molecular formula is C13H15BrN2. The Balaban J connectivity index is 1.97. The van der Waals surface area contributed by atoms with Gasteiger partial charge in [-0.05, 0) is 46.3 Å². The first-order valence-electron chi connectivity index (χ1n) is 5.97. The summed E-state index contributed by atoms with van der Waals surface area (Å²) < 4.78 is 3.03. The molecule has 16 heavy (non-hydrogen) atoms. The van der Waals surface area contributed by atoms with Gasteiger partial charge in [0.25, 0.3) is 0 Å². The van der Waals surface area contributed by atoms with Gasteiger partial charge in [0.05, 0.1) is 0 Å². The lowest BCUT2D eigenvalue weighted by atomic mass is 9.85. The van der Waals surface area contributed by atoms with Crippen LogP contribution < -0.4 is 0 Å². The van der Waals surface area contributed by atoms with Crippen molar-refractivity contribution in [2.24, 2.45) is 0 Å². The Kier molecular flexibility index (Phi) is 2.72. The minimum absolute atomic E-state index is 0.763. The molecule has 2 nitrogen and oxygen atoms in total. The van der Waals surface area contributed by atoms with Crippen molar-refractivity contribution in [1.29, 1.82) is 0 Å². The van der Waals surface area contributed by atoms with Gasteiger partial charge in [-0.3, -0.25) is 0 Å². The van der Waals surface area contributed by atoms with Gasteiger partial charge in [-0.2, -0.15) is 0 Å². The average molecular weight is 279 g/mol. The van der Waals surface area contributed by atoms with E-state index in [0.29, 0.717) is 0 Å². The van der Waals surface area contributed by atoms with E-state index in [1.54, 1.807) is 0 Å². The second-order valence-electron chi connectivity index (χ2n) is 4.63. The number of halogens is 1. The molecule has 0 saturated heterocycles. The zero-order valence-corrected chi connectivity index (χ0v) is 10.8. The van der Waals surface area contributed by atoms with Crippen LogP contribution in [-0.4, -0.2) is 9.38 Å². The third-order valence-corrected chi connectivity index (χ3v) is 3.90. The number of nitrogens with zero attached hydrogens (tertiary/aromatic N) is 2. The largest absolute Gasteiger partial charge is 0.306 e. The first-order valence-corrected chi connectivity index (χ1v) is 6.76. The highest BCUT2D eigenvalue weighted by Gasteiger charge is 2.15. The Morgan fingerprint density at radius 1 is 1.12 bits per heavy atom. The minimum Gasteiger partial charge on any atom is -0.306 e. The summed E-state index contributed by atoms with van der Waals surface area (Å²) in [6.45, 7) is 0. The highest BCUT2D eigenvalue weighted by Crippen LogP contribution is 2.32. The van der Waals surface area contributed by atoms with Crippen molar-refractivity contribution in [1.82, 2.24) is 9.38 Å². The Bertz CT molecular complexity index is 498. The van der Waals surface area contributed by atoms with Crippen LogP contribution in [0.1, 0.15) is 43.6 Å². The molecule has 2 heterocycles. The molecule has 3 rings (SSSR count). The number of imidazole rings is 1. The van der Waals surface area contributed by atoms with Gasteiger partial charge >= 0.3 is 0 Å². The summed E-state index contributed by atoms with van der Waals surface area (Å²) in [5.41, 5.74) is 2.49. The van der Waals surface area contributed by atoms with E-state index in [2.05, 4.69) is 43.6 Å². The molecule has 0 bridgehead atoms. The first-order chi connectivity index (χ1) is 7.83. The summed E-state index contributed by atoms with van der Waals surface area (Å²) in [5.74, 6) is 0.763. The van der Waals surface area contributed by atoms with E-state index in [4.69, 9.17) is 0 Å². The monoisotopic (exact) mass is 278 g/mol. The molecule has 0 N–H and O–H groups in total. The lowest BCUT2D eigenvalue weighted by molar-refractivity contribution is 0.442. The van der Waals surface area contributed by atoms with E-state index in [1.165, 1.54) is 37.7 Å². The van der Waals surface area contributed by atoms with E-state index in [1.807, 2.05) is 6.20 Å². The normalized spacial score (nSPS) is 18.1. The fourth-order valence-electron chi connectivity index (χ4n) is 2.66. The van der Waals surface area contributed by atoms with E-state index in [-0.39, 0.29) is 0 Å². The Morgan fingerprint density at radius 2 is 1.94 bits per heavy atom. The molecule has 1 aliphatic carbocycles. The maximum absolute atomic E-state index is 4.38. The molecule has 84 valence electrons. The molecular weight excluding hydrogens is 264 g/mol. The molecule has 0 atom stereocenters. The molecule has 1 saturated carbocycles. The van der Waals surface area contributed by atoms with E-state index >= 15 is 0 Å². The summed E-state index contributed by atoms with van der Waals surface area (Å²) in [6, 6.07) is 4.36. The minimum atomic E-state index is 0.763. The van der Waals surface area contributed by atoms with Crippen molar-refractivity contribution in [3.63, 3.8) is 0 Å². The van der Waals surface area contributed by atoms with Crippen LogP contribution in [0, 0.1) is 0 Å². The zero-order valence-electron chi connectivity index (χ0n) is 9.19. The Hall–Kier alpha value is -0.830. The van der Waals surface area contributed by atoms with Crippen molar-refractivity contribution in [2.45, 2.75) is 38.0 Å². The third kappa shape index (κ3) is 1.88. The van der Waals surface area contributed by atoms with Crippen LogP contribution in [0.25, 0.3) is 5.65 Å². The van der Waals surface area contributed by atoms with Crippen LogP contribution in [0.2, 0.25) is 0 Å². The third-order valence-electron chi connectivity index (χ3n) is 3.52. The maximum atomic E-state index is 4.38. The summed E-state index contributed by atoms with van der Waals surface area (Å²) in [5, 5.41) is 0. The summed E-state index contributed by atoms with van der Waals surface area (Å²) in [4.78, 5) is 4.38. The quantitative estimate of drug-likeness (QED) is 0.766. The van der Waals surface area contributed by atoms with Crippen molar-refractivity contribution >= 4 is 21.6 Å². The van der Waals surface area contributed by atoms with Gasteiger partial charge in [0.2, 0.25) is 0 Å². The molecule has 3 heteroatoms. The Labute approximate surface area is 104 Å². The van der Waals surface area contributed by atoms with Crippen LogP contribution >= 0.6 is 15.9 Å². The smallest absolute Gasteiger partial charge is 0.138 e. The van der Waals surface area contributed by atoms with Gasteiger partial charge in [-0.1, -0.05) is 25.3 Å². The van der Waals surface area contributed by atoms with Gasteiger partial charge in [0, 0.05) is 12.4 Å². The number of fused-ring (bicyclic) bond motifs is 1. The van der Waals surface area contributed by atoms with Crippen molar-refractivity contribution < 1.29 is 0 Å². The topological polar surface area (TPSA) is 17.3 Å². The van der Waals surface area contributed by atoms with Crippen molar-refractivity contribution in [3.05, 3.63) is 34.7 Å². The second-order valence-corrected chi connectivity index (χ2v) is 5.44. The van der Waals surface area contributed by atoms with Crippen LogP contribution in [0.5, 0.6) is 0 Å². The van der Waals surface area contributed by atoms with Crippen LogP contribution in [0.3, 0.4) is 0 Å². The van der Waals surface area contributed by atoms with E-state index in [0.717, 1.165) is 16.2 Å². The molecule has 1 aliphatic rings. The molecule has 0 aromatic carbocycles. The van der Waals surface area contributed by atoms with Gasteiger partial charge in [0.15, 0.2) is 0 Å². The summed E-state index contributed by atoms with van der Waals surface area (Å²) in [6.07, 6.45) is 11.1. The highest BCUT2D eigenvalue weighted by atomic mass is 79.9. The molecule has 0 unspecified atom stereocenters. The lowest BCUT2D eigenvalue weighted by Crippen LogP contribution is -2.05. The standard InChI is InChI=1S/C13H15BrN2/c14-12-9-16-8-11(6-7-13(16)15-12)10-4-2-1-3-5-10/h6-10H,1-5H2. The van der Waals surface area contributed by atoms with Gasteiger partial charge in [-0.15, -0.1) is 0 Å². The van der Waals surface area contributed by atoms with Crippen LogP contribution in [-0.2, 0) is 0 Å². The average Bonchev–Trinajstić information content (AvgIpc) is 2.69. The summed E-state index contributed by atoms with van der Waals surface area (Å²) in [7, 11) is 0. The van der Waals surface area contributed by atoms with Gasteiger partial charge in [-0.25, -0.2) is 4.98 Å². The molecule has 0 aliphatic heterocycles. The molecule has 0 spiro atoms. The molecule has 2 aromatic heterocycles. The van der Waals surface area contributed by atoms with Gasteiger partial charge < -0.3 is 4.40 Å². The van der Waals surface area contributed by atoms with Crippen molar-refractivity contribution in [3.8, 4) is 0 Å². The maximum Gasteiger partial charge on any atom is 0.138 e. The van der Waals surface area contributed by atoms with E-state index < -0.39 is 0 Å². The fourth-order valence-corrected chi connectivity index (χ4v) is 3.06. The fraction of sp³-hybridized carbons (Fsp3) is 0.462. The number of hydrogen-bond donors (Lipinski definition) is 0. The molecule has 0 radical (unpaired) electrons. The second kappa shape index (κ2) is 4.21. The van der Waals surface area contributed by atoms with Crippen LogP contribution in [0.15, 0.2) is 29.1 Å². The zero-order chi connectivity index (χ0) is 11.0. The van der Waals surface area contributed by atoms with Crippen molar-refractivity contribution in [2.75, 3.05) is 0 Å². The highest BCUT2D eigenvalue weighted by molar-refractivity contribution is 9.10. The lowest BCUT2D eigenvalue weighted by Gasteiger charge is -2.21. The number of pyridine rings is 1. The summed E-state index contributed by atoms with van der Waals surface area (Å²) >= 11 is 3.41. The number of hydrogen-bond acceptors (Lipinski definition) is 1. The predicted molar refractivity (Wildman–Crippen MR) is 68.7 cm³/mol.